The van der Waals surface area contributed by atoms with E-state index in [1.807, 2.05) is 24.3 Å². The first-order valence-electron chi connectivity index (χ1n) is 6.94. The van der Waals surface area contributed by atoms with E-state index >= 15 is 0 Å². The van der Waals surface area contributed by atoms with Crippen molar-refractivity contribution in [3.05, 3.63) is 48.0 Å². The summed E-state index contributed by atoms with van der Waals surface area (Å²) in [6, 6.07) is 12.9. The van der Waals surface area contributed by atoms with Crippen LogP contribution in [0.3, 0.4) is 0 Å². The lowest BCUT2D eigenvalue weighted by Gasteiger charge is -2.12. The van der Waals surface area contributed by atoms with Crippen molar-refractivity contribution < 1.29 is 14.3 Å². The number of thioether (sulfide) groups is 1. The fourth-order valence-electron chi connectivity index (χ4n) is 2.05. The number of ether oxygens (including phenoxy) is 2. The Kier molecular flexibility index (Phi) is 5.72. The maximum absolute atomic E-state index is 12.5. The lowest BCUT2D eigenvalue weighted by Crippen LogP contribution is -2.13. The first-order valence-corrected chi connectivity index (χ1v) is 7.93. The molecule has 1 N–H and O–H groups in total. The van der Waals surface area contributed by atoms with Gasteiger partial charge in [0.15, 0.2) is 11.5 Å². The van der Waals surface area contributed by atoms with Gasteiger partial charge in [-0.25, -0.2) is 0 Å². The molecule has 0 aliphatic carbocycles. The van der Waals surface area contributed by atoms with Crippen molar-refractivity contribution in [3.8, 4) is 11.5 Å². The van der Waals surface area contributed by atoms with E-state index in [-0.39, 0.29) is 5.91 Å². The van der Waals surface area contributed by atoms with Crippen molar-refractivity contribution in [1.82, 2.24) is 0 Å². The predicted molar refractivity (Wildman–Crippen MR) is 90.3 cm³/mol. The zero-order valence-electron chi connectivity index (χ0n) is 12.9. The quantitative estimate of drug-likeness (QED) is 0.816. The lowest BCUT2D eigenvalue weighted by molar-refractivity contribution is 0.102. The molecule has 0 fully saturated rings. The molecule has 0 aromatic heterocycles. The van der Waals surface area contributed by atoms with E-state index in [0.29, 0.717) is 22.7 Å². The highest BCUT2D eigenvalue weighted by atomic mass is 32.2. The Morgan fingerprint density at radius 3 is 2.50 bits per heavy atom. The second-order valence-corrected chi connectivity index (χ2v) is 5.76. The van der Waals surface area contributed by atoms with Crippen molar-refractivity contribution in [2.75, 3.05) is 25.3 Å². The summed E-state index contributed by atoms with van der Waals surface area (Å²) >= 11 is 1.65. The monoisotopic (exact) mass is 317 g/mol. The van der Waals surface area contributed by atoms with Crippen LogP contribution < -0.4 is 14.8 Å². The molecule has 0 saturated heterocycles. The third-order valence-electron chi connectivity index (χ3n) is 3.07. The van der Waals surface area contributed by atoms with Gasteiger partial charge < -0.3 is 14.8 Å². The van der Waals surface area contributed by atoms with E-state index in [9.17, 15) is 4.79 Å². The first-order chi connectivity index (χ1) is 10.7. The number of carbonyl (C=O) groups excluding carboxylic acids is 1. The molecule has 0 unspecified atom stereocenters. The van der Waals surface area contributed by atoms with Crippen LogP contribution in [0.5, 0.6) is 11.5 Å². The smallest absolute Gasteiger partial charge is 0.256 e. The Bertz CT molecular complexity index is 658. The molecule has 2 rings (SSSR count). The molecule has 22 heavy (non-hydrogen) atoms. The van der Waals surface area contributed by atoms with Gasteiger partial charge in [0.25, 0.3) is 5.91 Å². The molecule has 0 heterocycles. The molecule has 0 radical (unpaired) electrons. The first kappa shape index (κ1) is 16.2. The molecule has 2 aromatic rings. The van der Waals surface area contributed by atoms with Crippen LogP contribution in [0.2, 0.25) is 0 Å². The number of rotatable bonds is 6. The summed E-state index contributed by atoms with van der Waals surface area (Å²) in [5.41, 5.74) is 1.34. The minimum atomic E-state index is -0.135. The molecule has 0 aliphatic rings. The molecule has 1 amide bonds. The van der Waals surface area contributed by atoms with Gasteiger partial charge in [-0.2, -0.15) is 0 Å². The molecule has 0 atom stereocenters. The van der Waals surface area contributed by atoms with Crippen LogP contribution in [0.1, 0.15) is 17.3 Å². The third-order valence-corrected chi connectivity index (χ3v) is 4.03. The lowest BCUT2D eigenvalue weighted by atomic mass is 10.2. The highest BCUT2D eigenvalue weighted by Gasteiger charge is 2.12. The predicted octanol–water partition coefficient (Wildman–Crippen LogP) is 4.07. The highest BCUT2D eigenvalue weighted by molar-refractivity contribution is 7.99. The zero-order valence-corrected chi connectivity index (χ0v) is 13.7. The fraction of sp³-hybridized carbons (Fsp3) is 0.235. The van der Waals surface area contributed by atoms with Crippen LogP contribution in [0, 0.1) is 0 Å². The van der Waals surface area contributed by atoms with Gasteiger partial charge in [-0.1, -0.05) is 19.1 Å². The van der Waals surface area contributed by atoms with E-state index < -0.39 is 0 Å². The Labute approximate surface area is 134 Å². The van der Waals surface area contributed by atoms with Crippen LogP contribution in [-0.2, 0) is 0 Å². The Morgan fingerprint density at radius 1 is 1.09 bits per heavy atom. The molecule has 116 valence electrons. The van der Waals surface area contributed by atoms with Gasteiger partial charge in [0.2, 0.25) is 0 Å². The Balaban J connectivity index is 2.22. The maximum atomic E-state index is 12.5. The van der Waals surface area contributed by atoms with E-state index in [4.69, 9.17) is 9.47 Å². The SMILES string of the molecule is CCSc1ccccc1C(=O)Nc1ccc(OC)c(OC)c1. The molecular formula is C17H19NO3S. The number of anilines is 1. The molecule has 0 spiro atoms. The van der Waals surface area contributed by atoms with E-state index in [2.05, 4.69) is 12.2 Å². The van der Waals surface area contributed by atoms with Crippen molar-refractivity contribution in [2.24, 2.45) is 0 Å². The summed E-state index contributed by atoms with van der Waals surface area (Å²) in [4.78, 5) is 13.4. The average Bonchev–Trinajstić information content (AvgIpc) is 2.55. The van der Waals surface area contributed by atoms with Crippen LogP contribution >= 0.6 is 11.8 Å². The highest BCUT2D eigenvalue weighted by Crippen LogP contribution is 2.30. The summed E-state index contributed by atoms with van der Waals surface area (Å²) in [5, 5.41) is 2.90. The van der Waals surface area contributed by atoms with Gasteiger partial charge in [-0.3, -0.25) is 4.79 Å². The summed E-state index contributed by atoms with van der Waals surface area (Å²) < 4.78 is 10.4. The topological polar surface area (TPSA) is 47.6 Å². The molecule has 5 heteroatoms. The molecule has 0 aliphatic heterocycles. The van der Waals surface area contributed by atoms with E-state index in [1.165, 1.54) is 0 Å². The fourth-order valence-corrected chi connectivity index (χ4v) is 2.85. The number of hydrogen-bond donors (Lipinski definition) is 1. The normalized spacial score (nSPS) is 10.1. The van der Waals surface area contributed by atoms with Crippen LogP contribution in [0.25, 0.3) is 0 Å². The standard InChI is InChI=1S/C17H19NO3S/c1-4-22-16-8-6-5-7-13(16)17(19)18-12-9-10-14(20-2)15(11-12)21-3/h5-11H,4H2,1-3H3,(H,18,19). The van der Waals surface area contributed by atoms with E-state index in [0.717, 1.165) is 10.6 Å². The van der Waals surface area contributed by atoms with Gasteiger partial charge in [0.1, 0.15) is 0 Å². The minimum absolute atomic E-state index is 0.135. The number of methoxy groups -OCH3 is 2. The summed E-state index contributed by atoms with van der Waals surface area (Å²) in [5.74, 6) is 1.99. The maximum Gasteiger partial charge on any atom is 0.256 e. The van der Waals surface area contributed by atoms with Crippen LogP contribution in [0.4, 0.5) is 5.69 Å². The second kappa shape index (κ2) is 7.75. The minimum Gasteiger partial charge on any atom is -0.493 e. The number of amides is 1. The van der Waals surface area contributed by atoms with E-state index in [1.54, 1.807) is 44.2 Å². The van der Waals surface area contributed by atoms with Crippen molar-refractivity contribution in [2.45, 2.75) is 11.8 Å². The Morgan fingerprint density at radius 2 is 1.82 bits per heavy atom. The molecule has 4 nitrogen and oxygen atoms in total. The van der Waals surface area contributed by atoms with Gasteiger partial charge in [-0.05, 0) is 30.0 Å². The zero-order chi connectivity index (χ0) is 15.9. The second-order valence-electron chi connectivity index (χ2n) is 4.45. The largest absolute Gasteiger partial charge is 0.493 e. The summed E-state index contributed by atoms with van der Waals surface area (Å²) in [7, 11) is 3.14. The van der Waals surface area contributed by atoms with Crippen molar-refractivity contribution >= 4 is 23.4 Å². The van der Waals surface area contributed by atoms with Gasteiger partial charge in [0.05, 0.1) is 19.8 Å². The van der Waals surface area contributed by atoms with Crippen LogP contribution in [0.15, 0.2) is 47.4 Å². The Hall–Kier alpha value is -2.14. The molecule has 2 aromatic carbocycles. The summed E-state index contributed by atoms with van der Waals surface area (Å²) in [6.45, 7) is 2.06. The van der Waals surface area contributed by atoms with Crippen molar-refractivity contribution in [1.29, 1.82) is 0 Å². The summed E-state index contributed by atoms with van der Waals surface area (Å²) in [6.07, 6.45) is 0. The third kappa shape index (κ3) is 3.74. The molecule has 0 saturated carbocycles. The molecular weight excluding hydrogens is 298 g/mol. The average molecular weight is 317 g/mol. The van der Waals surface area contributed by atoms with Crippen molar-refractivity contribution in [3.63, 3.8) is 0 Å². The number of carbonyl (C=O) groups is 1. The van der Waals surface area contributed by atoms with Crippen LogP contribution in [-0.4, -0.2) is 25.9 Å². The number of benzene rings is 2. The molecule has 0 bridgehead atoms. The number of nitrogens with one attached hydrogen (secondary N) is 1. The van der Waals surface area contributed by atoms with Gasteiger partial charge in [-0.15, -0.1) is 11.8 Å². The van der Waals surface area contributed by atoms with Gasteiger partial charge >= 0.3 is 0 Å². The number of hydrogen-bond acceptors (Lipinski definition) is 4. The van der Waals surface area contributed by atoms with Gasteiger partial charge in [0, 0.05) is 16.6 Å².